The van der Waals surface area contributed by atoms with Crippen LogP contribution < -0.4 is 0 Å². The number of aliphatic hydroxyl groups is 1. The number of hydrogen-bond acceptors (Lipinski definition) is 6. The fraction of sp³-hybridized carbons (Fsp3) is 0.583. The predicted molar refractivity (Wildman–Crippen MR) is 71.0 cm³/mol. The van der Waals surface area contributed by atoms with Gasteiger partial charge in [0.25, 0.3) is 0 Å². The van der Waals surface area contributed by atoms with Crippen molar-refractivity contribution in [2.45, 2.75) is 30.6 Å². The number of thioether (sulfide) groups is 1. The topological polar surface area (TPSA) is 72.5 Å². The highest BCUT2D eigenvalue weighted by molar-refractivity contribution is 7.98. The largest absolute Gasteiger partial charge is 0.394 e. The third-order valence-corrected chi connectivity index (χ3v) is 4.15. The van der Waals surface area contributed by atoms with E-state index in [-0.39, 0.29) is 18.8 Å². The number of aromatic nitrogens is 4. The zero-order chi connectivity index (χ0) is 13.4. The molecule has 3 unspecified atom stereocenters. The Morgan fingerprint density at radius 1 is 1.53 bits per heavy atom. The summed E-state index contributed by atoms with van der Waals surface area (Å²) in [6.45, 7) is 2.18. The van der Waals surface area contributed by atoms with Gasteiger partial charge in [0.1, 0.15) is 17.5 Å². The van der Waals surface area contributed by atoms with E-state index in [1.165, 1.54) is 6.33 Å². The molecule has 102 valence electrons. The van der Waals surface area contributed by atoms with Crippen molar-refractivity contribution in [3.63, 3.8) is 0 Å². The molecular weight excluding hydrogens is 264 g/mol. The lowest BCUT2D eigenvalue weighted by Crippen LogP contribution is -2.12. The van der Waals surface area contributed by atoms with Gasteiger partial charge in [0.15, 0.2) is 5.65 Å². The van der Waals surface area contributed by atoms with E-state index in [0.717, 1.165) is 22.8 Å². The lowest BCUT2D eigenvalue weighted by Gasteiger charge is -2.14. The van der Waals surface area contributed by atoms with E-state index in [9.17, 15) is 5.11 Å². The highest BCUT2D eigenvalue weighted by Crippen LogP contribution is 2.37. The molecule has 2 aromatic heterocycles. The minimum Gasteiger partial charge on any atom is -0.394 e. The quantitative estimate of drug-likeness (QED) is 0.855. The number of rotatable bonds is 3. The van der Waals surface area contributed by atoms with Crippen LogP contribution in [0.1, 0.15) is 25.1 Å². The van der Waals surface area contributed by atoms with Crippen LogP contribution in [0.25, 0.3) is 5.65 Å². The summed E-state index contributed by atoms with van der Waals surface area (Å²) < 4.78 is 7.66. The summed E-state index contributed by atoms with van der Waals surface area (Å²) >= 11 is 1.54. The maximum Gasteiger partial charge on any atom is 0.186 e. The molecule has 3 heterocycles. The molecule has 0 aromatic carbocycles. The first kappa shape index (κ1) is 12.8. The van der Waals surface area contributed by atoms with Crippen LogP contribution in [0.15, 0.2) is 17.6 Å². The molecule has 0 amide bonds. The highest BCUT2D eigenvalue weighted by atomic mass is 32.2. The first-order valence-electron chi connectivity index (χ1n) is 6.23. The van der Waals surface area contributed by atoms with Gasteiger partial charge in [-0.05, 0) is 18.6 Å². The lowest BCUT2D eigenvalue weighted by molar-refractivity contribution is 0.00250. The molecule has 0 aliphatic carbocycles. The van der Waals surface area contributed by atoms with E-state index in [4.69, 9.17) is 4.74 Å². The Kier molecular flexibility index (Phi) is 3.42. The van der Waals surface area contributed by atoms with Crippen molar-refractivity contribution in [3.8, 4) is 0 Å². The van der Waals surface area contributed by atoms with E-state index in [2.05, 4.69) is 22.0 Å². The smallest absolute Gasteiger partial charge is 0.186 e. The Balaban J connectivity index is 2.02. The molecule has 1 aliphatic rings. The van der Waals surface area contributed by atoms with Gasteiger partial charge in [-0.15, -0.1) is 11.8 Å². The molecule has 19 heavy (non-hydrogen) atoms. The molecule has 1 fully saturated rings. The summed E-state index contributed by atoms with van der Waals surface area (Å²) in [5.74, 6) is 0.338. The molecular formula is C12H16N4O2S. The third kappa shape index (κ3) is 2.11. The summed E-state index contributed by atoms with van der Waals surface area (Å²) in [6, 6.07) is 0. The van der Waals surface area contributed by atoms with Gasteiger partial charge in [0, 0.05) is 0 Å². The molecule has 1 saturated heterocycles. The number of nitrogens with zero attached hydrogens (tertiary/aromatic N) is 4. The second kappa shape index (κ2) is 5.07. The van der Waals surface area contributed by atoms with Crippen molar-refractivity contribution in [2.75, 3.05) is 12.9 Å². The van der Waals surface area contributed by atoms with Crippen molar-refractivity contribution in [1.82, 2.24) is 19.6 Å². The van der Waals surface area contributed by atoms with Crippen LogP contribution in [0.4, 0.5) is 0 Å². The summed E-state index contributed by atoms with van der Waals surface area (Å²) in [5, 5.41) is 14.3. The minimum atomic E-state index is -0.0904. The maximum absolute atomic E-state index is 9.22. The van der Waals surface area contributed by atoms with Gasteiger partial charge in [0.05, 0.1) is 24.6 Å². The Hall–Kier alpha value is -1.18. The molecule has 0 bridgehead atoms. The van der Waals surface area contributed by atoms with Gasteiger partial charge in [-0.2, -0.15) is 5.10 Å². The van der Waals surface area contributed by atoms with Crippen LogP contribution in [-0.4, -0.2) is 43.7 Å². The molecule has 0 radical (unpaired) electrons. The molecule has 2 aromatic rings. The van der Waals surface area contributed by atoms with Gasteiger partial charge in [-0.1, -0.05) is 6.92 Å². The standard InChI is InChI=1S/C12H16N4O2S/c1-7-3-8(5-17)18-10(7)9-4-13-11-12(19-2)14-6-15-16(9)11/h4,6-8,10,17H,3,5H2,1-2H3. The van der Waals surface area contributed by atoms with E-state index < -0.39 is 0 Å². The summed E-state index contributed by atoms with van der Waals surface area (Å²) in [6.07, 6.45) is 5.99. The Morgan fingerprint density at radius 3 is 3.05 bits per heavy atom. The van der Waals surface area contributed by atoms with Crippen LogP contribution >= 0.6 is 11.8 Å². The number of fused-ring (bicyclic) bond motifs is 1. The Morgan fingerprint density at radius 2 is 2.37 bits per heavy atom. The average molecular weight is 280 g/mol. The third-order valence-electron chi connectivity index (χ3n) is 3.48. The summed E-state index contributed by atoms with van der Waals surface area (Å²) in [7, 11) is 0. The predicted octanol–water partition coefficient (Wildman–Crippen LogP) is 1.30. The van der Waals surface area contributed by atoms with Crippen molar-refractivity contribution in [2.24, 2.45) is 5.92 Å². The molecule has 3 atom stereocenters. The fourth-order valence-corrected chi connectivity index (χ4v) is 3.04. The van der Waals surface area contributed by atoms with Gasteiger partial charge in [-0.3, -0.25) is 0 Å². The van der Waals surface area contributed by atoms with Crippen molar-refractivity contribution >= 4 is 17.4 Å². The van der Waals surface area contributed by atoms with E-state index in [1.807, 2.05) is 6.26 Å². The van der Waals surface area contributed by atoms with Gasteiger partial charge >= 0.3 is 0 Å². The van der Waals surface area contributed by atoms with E-state index in [1.54, 1.807) is 22.5 Å². The first-order valence-corrected chi connectivity index (χ1v) is 7.46. The Bertz CT molecular complexity index is 588. The molecule has 0 spiro atoms. The monoisotopic (exact) mass is 280 g/mol. The summed E-state index contributed by atoms with van der Waals surface area (Å²) in [4.78, 5) is 8.60. The molecule has 7 heteroatoms. The first-order chi connectivity index (χ1) is 9.24. The normalized spacial score (nSPS) is 27.2. The van der Waals surface area contributed by atoms with Crippen LogP contribution in [0.3, 0.4) is 0 Å². The highest BCUT2D eigenvalue weighted by Gasteiger charge is 2.35. The molecule has 3 rings (SSSR count). The van der Waals surface area contributed by atoms with Crippen molar-refractivity contribution in [3.05, 3.63) is 18.2 Å². The molecule has 1 aliphatic heterocycles. The Labute approximate surface area is 115 Å². The molecule has 1 N–H and O–H groups in total. The molecule has 6 nitrogen and oxygen atoms in total. The SMILES string of the molecule is CSc1ncnn2c(C3OC(CO)CC3C)cnc12. The zero-order valence-electron chi connectivity index (χ0n) is 10.9. The van der Waals surface area contributed by atoms with Crippen LogP contribution in [-0.2, 0) is 4.74 Å². The minimum absolute atomic E-state index is 0.0582. The van der Waals surface area contributed by atoms with Crippen LogP contribution in [0, 0.1) is 5.92 Å². The number of ether oxygens (including phenoxy) is 1. The van der Waals surface area contributed by atoms with Gasteiger partial charge < -0.3 is 9.84 Å². The average Bonchev–Trinajstić information content (AvgIpc) is 3.01. The number of hydrogen-bond donors (Lipinski definition) is 1. The van der Waals surface area contributed by atoms with Crippen molar-refractivity contribution in [1.29, 1.82) is 0 Å². The lowest BCUT2D eigenvalue weighted by atomic mass is 10.00. The second-order valence-corrected chi connectivity index (χ2v) is 5.56. The summed E-state index contributed by atoms with van der Waals surface area (Å²) in [5.41, 5.74) is 1.68. The fourth-order valence-electron chi connectivity index (χ4n) is 2.57. The van der Waals surface area contributed by atoms with Crippen LogP contribution in [0.5, 0.6) is 0 Å². The maximum atomic E-state index is 9.22. The second-order valence-electron chi connectivity index (χ2n) is 4.76. The number of aliphatic hydroxyl groups excluding tert-OH is 1. The van der Waals surface area contributed by atoms with E-state index in [0.29, 0.717) is 5.92 Å². The number of imidazole rings is 1. The van der Waals surface area contributed by atoms with Gasteiger partial charge in [-0.25, -0.2) is 14.5 Å². The zero-order valence-corrected chi connectivity index (χ0v) is 11.7. The van der Waals surface area contributed by atoms with E-state index >= 15 is 0 Å². The van der Waals surface area contributed by atoms with Gasteiger partial charge in [0.2, 0.25) is 0 Å². The van der Waals surface area contributed by atoms with Crippen molar-refractivity contribution < 1.29 is 9.84 Å². The van der Waals surface area contributed by atoms with Crippen LogP contribution in [0.2, 0.25) is 0 Å². The molecule has 0 saturated carbocycles.